The lowest BCUT2D eigenvalue weighted by Crippen LogP contribution is -1.79. The molecule has 38 valence electrons. The van der Waals surface area contributed by atoms with Gasteiger partial charge in [0.1, 0.15) is 0 Å². The van der Waals surface area contributed by atoms with Crippen molar-refractivity contribution in [3.8, 4) is 0 Å². The Morgan fingerprint density at radius 3 is 2.00 bits per heavy atom. The maximum absolute atomic E-state index is 4.41. The zero-order chi connectivity index (χ0) is 4.99. The molecule has 0 radical (unpaired) electrons. The molecule has 5 heteroatoms. The van der Waals surface area contributed by atoms with Crippen LogP contribution in [0.1, 0.15) is 0 Å². The molecule has 0 saturated heterocycles. The Morgan fingerprint density at radius 1 is 1.50 bits per heavy atom. The summed E-state index contributed by atoms with van der Waals surface area (Å²) in [7, 11) is 0.227. The molecular weight excluding hydrogens is 140 g/mol. The van der Waals surface area contributed by atoms with Gasteiger partial charge in [-0.2, -0.15) is 4.33 Å². The average Bonchev–Trinajstić information content (AvgIpc) is 1.35. The minimum absolute atomic E-state index is 1.16. The van der Waals surface area contributed by atoms with Gasteiger partial charge in [-0.3, -0.25) is 0 Å². The number of hydrogen-bond acceptors (Lipinski definition) is 4. The predicted octanol–water partition coefficient (Wildman–Crippen LogP) is -0.246. The second kappa shape index (κ2) is 3.89. The van der Waals surface area contributed by atoms with E-state index >= 15 is 0 Å². The molecule has 0 aliphatic carbocycles. The van der Waals surface area contributed by atoms with Crippen molar-refractivity contribution in [2.75, 3.05) is 7.11 Å². The number of thiol groups is 1. The van der Waals surface area contributed by atoms with Crippen molar-refractivity contribution in [1.82, 2.24) is 0 Å². The fourth-order valence-corrected chi connectivity index (χ4v) is 0.548. The van der Waals surface area contributed by atoms with Crippen molar-refractivity contribution in [2.24, 2.45) is 0 Å². The van der Waals surface area contributed by atoms with Gasteiger partial charge >= 0.3 is 0 Å². The van der Waals surface area contributed by atoms with Crippen LogP contribution in [0, 0.1) is 0 Å². The quantitative estimate of drug-likeness (QED) is 0.327. The molecule has 0 rings (SSSR count). The molecule has 0 aliphatic heterocycles. The van der Waals surface area contributed by atoms with E-state index in [2.05, 4.69) is 31.6 Å². The molecule has 0 atom stereocenters. The van der Waals surface area contributed by atoms with Crippen LogP contribution < -0.4 is 0 Å². The summed E-state index contributed by atoms with van der Waals surface area (Å²) in [5.41, 5.74) is 0. The lowest BCUT2D eigenvalue weighted by molar-refractivity contribution is -0.159. The van der Waals surface area contributed by atoms with Crippen molar-refractivity contribution < 1.29 is 9.22 Å². The number of rotatable bonds is 2. The van der Waals surface area contributed by atoms with Gasteiger partial charge in [-0.25, -0.2) is 4.89 Å². The first-order valence-corrected chi connectivity index (χ1v) is 4.41. The van der Waals surface area contributed by atoms with Crippen LogP contribution in [-0.4, -0.2) is 7.11 Å². The van der Waals surface area contributed by atoms with E-state index in [1.807, 2.05) is 0 Å². The molecule has 0 fully saturated rings. The molecule has 6 heavy (non-hydrogen) atoms. The Bertz CT molecular complexity index is 76.8. The maximum Gasteiger partial charge on any atom is 0.0725 e. The Kier molecular flexibility index (Phi) is 4.34. The van der Waals surface area contributed by atoms with Crippen molar-refractivity contribution in [1.29, 1.82) is 0 Å². The average molecular weight is 144 g/mol. The largest absolute Gasteiger partial charge is 0.227 e. The fourth-order valence-electron chi connectivity index (χ4n) is 0.0609. The van der Waals surface area contributed by atoms with Crippen molar-refractivity contribution in [3.63, 3.8) is 0 Å². The molecule has 0 saturated carbocycles. The van der Waals surface area contributed by atoms with Gasteiger partial charge in [-0.15, -0.1) is 0 Å². The molecule has 0 aliphatic rings. The second-order valence-electron chi connectivity index (χ2n) is 0.465. The second-order valence-corrected chi connectivity index (χ2v) is 3.74. The van der Waals surface area contributed by atoms with Crippen LogP contribution in [0.5, 0.6) is 0 Å². The highest BCUT2D eigenvalue weighted by atomic mass is 33.1. The standard InChI is InChI=1S/CH4O2S3/c1-2-3-6(4)5/h6H,1H3. The summed E-state index contributed by atoms with van der Waals surface area (Å²) in [5.74, 6) is 0. The van der Waals surface area contributed by atoms with Crippen molar-refractivity contribution >= 4 is 30.7 Å². The van der Waals surface area contributed by atoms with Gasteiger partial charge in [-0.1, -0.05) is 0 Å². The van der Waals surface area contributed by atoms with Crippen LogP contribution in [-0.2, 0) is 39.9 Å². The first-order chi connectivity index (χ1) is 2.77. The predicted molar refractivity (Wildman–Crippen MR) is 31.6 cm³/mol. The Morgan fingerprint density at radius 2 is 2.00 bits per heavy atom. The molecule has 0 aromatic rings. The van der Waals surface area contributed by atoms with Gasteiger partial charge in [0, 0.05) is 8.29 Å². The van der Waals surface area contributed by atoms with E-state index in [-0.39, 0.29) is 0 Å². The first kappa shape index (κ1) is 6.71. The molecule has 0 spiro atoms. The third kappa shape index (κ3) is 4.71. The maximum atomic E-state index is 4.41. The topological polar surface area (TPSA) is 18.5 Å². The summed E-state index contributed by atoms with van der Waals surface area (Å²) in [5, 5.41) is 0. The third-order valence-corrected chi connectivity index (χ3v) is 0.771. The van der Waals surface area contributed by atoms with Gasteiger partial charge in [0.2, 0.25) is 0 Å². The SMILES string of the molecule is COO[SH](=S)=S. The first-order valence-electron chi connectivity index (χ1n) is 1.12. The van der Waals surface area contributed by atoms with Crippen molar-refractivity contribution in [2.45, 2.75) is 0 Å². The van der Waals surface area contributed by atoms with Crippen LogP contribution >= 0.6 is 0 Å². The summed E-state index contributed by atoms with van der Waals surface area (Å²) < 4.78 is 4.24. The van der Waals surface area contributed by atoms with E-state index in [1.54, 1.807) is 0 Å². The molecule has 0 heterocycles. The van der Waals surface area contributed by atoms with Crippen LogP contribution in [0.2, 0.25) is 0 Å². The van der Waals surface area contributed by atoms with Gasteiger partial charge < -0.3 is 0 Å². The zero-order valence-electron chi connectivity index (χ0n) is 3.08. The monoisotopic (exact) mass is 144 g/mol. The summed E-state index contributed by atoms with van der Waals surface area (Å²) in [6.45, 7) is 0. The third-order valence-electron chi connectivity index (χ3n) is 0.135. The van der Waals surface area contributed by atoms with E-state index in [1.165, 1.54) is 7.11 Å². The van der Waals surface area contributed by atoms with Gasteiger partial charge in [0.25, 0.3) is 0 Å². The highest BCUT2D eigenvalue weighted by Crippen LogP contribution is 1.68. The molecule has 2 nitrogen and oxygen atoms in total. The summed E-state index contributed by atoms with van der Waals surface area (Å²) in [4.78, 5) is 4.12. The zero-order valence-corrected chi connectivity index (χ0v) is 5.61. The molecule has 0 aromatic carbocycles. The molecule has 0 N–H and O–H groups in total. The van der Waals surface area contributed by atoms with Crippen LogP contribution in [0.15, 0.2) is 0 Å². The van der Waals surface area contributed by atoms with E-state index < -0.39 is 8.29 Å². The lowest BCUT2D eigenvalue weighted by Gasteiger charge is -1.84. The molecule has 0 bridgehead atoms. The van der Waals surface area contributed by atoms with Crippen LogP contribution in [0.3, 0.4) is 0 Å². The molecule has 0 aromatic heterocycles. The molecular formula is CH4O2S3. The van der Waals surface area contributed by atoms with Crippen molar-refractivity contribution in [3.05, 3.63) is 0 Å². The highest BCUT2D eigenvalue weighted by Gasteiger charge is 1.65. The fraction of sp³-hybridized carbons (Fsp3) is 1.00. The summed E-state index contributed by atoms with van der Waals surface area (Å²) in [6.07, 6.45) is 0. The van der Waals surface area contributed by atoms with E-state index in [0.717, 1.165) is 0 Å². The van der Waals surface area contributed by atoms with Gasteiger partial charge in [-0.05, 0) is 22.4 Å². The molecule has 0 unspecified atom stereocenters. The van der Waals surface area contributed by atoms with E-state index in [9.17, 15) is 0 Å². The Labute approximate surface area is 47.4 Å². The Hall–Kier alpha value is 0.710. The normalized spacial score (nSPS) is 9.67. The highest BCUT2D eigenvalue weighted by molar-refractivity contribution is 8.44. The lowest BCUT2D eigenvalue weighted by atomic mass is 11.8. The minimum Gasteiger partial charge on any atom is -0.227 e. The summed E-state index contributed by atoms with van der Waals surface area (Å²) in [6, 6.07) is 0. The Balaban J connectivity index is 3.07. The minimum atomic E-state index is -1.16. The van der Waals surface area contributed by atoms with Gasteiger partial charge in [0.15, 0.2) is 0 Å². The smallest absolute Gasteiger partial charge is 0.0725 e. The van der Waals surface area contributed by atoms with E-state index in [4.69, 9.17) is 0 Å². The summed E-state index contributed by atoms with van der Waals surface area (Å²) >= 11 is 8.82. The van der Waals surface area contributed by atoms with E-state index in [0.29, 0.717) is 0 Å². The van der Waals surface area contributed by atoms with Gasteiger partial charge in [0.05, 0.1) is 7.11 Å². The number of hydrogen-bond donors (Lipinski definition) is 1. The van der Waals surface area contributed by atoms with Crippen LogP contribution in [0.25, 0.3) is 0 Å². The van der Waals surface area contributed by atoms with Crippen LogP contribution in [0.4, 0.5) is 0 Å². The molecule has 0 amide bonds.